The first-order chi connectivity index (χ1) is 14.1. The average Bonchev–Trinajstić information content (AvgIpc) is 2.72. The molecule has 0 amide bonds. The van der Waals surface area contributed by atoms with E-state index in [9.17, 15) is 24.6 Å². The van der Waals surface area contributed by atoms with E-state index in [2.05, 4.69) is 13.2 Å². The topological polar surface area (TPSA) is 129 Å². The van der Waals surface area contributed by atoms with Crippen LogP contribution in [-0.4, -0.2) is 67.1 Å². The van der Waals surface area contributed by atoms with E-state index in [-0.39, 0.29) is 49.1 Å². The maximum absolute atomic E-state index is 11.3. The van der Waals surface area contributed by atoms with Crippen LogP contribution < -0.4 is 9.47 Å². The summed E-state index contributed by atoms with van der Waals surface area (Å²) in [7, 11) is 0. The van der Waals surface area contributed by atoms with Gasteiger partial charge < -0.3 is 29.2 Å². The van der Waals surface area contributed by atoms with E-state index in [1.807, 2.05) is 0 Å². The van der Waals surface area contributed by atoms with Crippen molar-refractivity contribution in [1.29, 1.82) is 0 Å². The first-order valence-electron chi connectivity index (χ1n) is 9.00. The van der Waals surface area contributed by atoms with Gasteiger partial charge in [0.1, 0.15) is 44.9 Å². The summed E-state index contributed by atoms with van der Waals surface area (Å²) in [6.07, 6.45) is -1.64. The average molecular weight is 422 g/mol. The van der Waals surface area contributed by atoms with Crippen LogP contribution in [0.5, 0.6) is 11.5 Å². The van der Waals surface area contributed by atoms with Crippen molar-refractivity contribution in [3.05, 3.63) is 48.1 Å². The Bertz CT molecular complexity index is 785. The van der Waals surface area contributed by atoms with Crippen LogP contribution in [0.15, 0.2) is 42.5 Å². The molecule has 9 nitrogen and oxygen atoms in total. The minimum absolute atomic E-state index is 0.135. The second kappa shape index (κ2) is 12.4. The third-order valence-corrected chi connectivity index (χ3v) is 3.48. The van der Waals surface area contributed by atoms with Crippen LogP contribution >= 0.6 is 0 Å². The van der Waals surface area contributed by atoms with Crippen molar-refractivity contribution in [3.63, 3.8) is 0 Å². The molecule has 1 rings (SSSR count). The first kappa shape index (κ1) is 24.9. The predicted molar refractivity (Wildman–Crippen MR) is 106 cm³/mol. The second-order valence-electron chi connectivity index (χ2n) is 6.51. The number of aldehydes is 1. The summed E-state index contributed by atoms with van der Waals surface area (Å²) in [5.41, 5.74) is 0.706. The van der Waals surface area contributed by atoms with E-state index >= 15 is 0 Å². The molecule has 0 aromatic heterocycles. The lowest BCUT2D eigenvalue weighted by atomic mass is 10.2. The summed E-state index contributed by atoms with van der Waals surface area (Å²) < 4.78 is 20.6. The number of hydrogen-bond acceptors (Lipinski definition) is 9. The highest BCUT2D eigenvalue weighted by Crippen LogP contribution is 2.28. The van der Waals surface area contributed by atoms with Gasteiger partial charge in [0, 0.05) is 16.7 Å². The van der Waals surface area contributed by atoms with Crippen LogP contribution in [0.3, 0.4) is 0 Å². The molecule has 1 aromatic carbocycles. The van der Waals surface area contributed by atoms with Gasteiger partial charge in [-0.25, -0.2) is 9.59 Å². The molecule has 0 heterocycles. The Labute approximate surface area is 174 Å². The fraction of sp³-hybridized carbons (Fsp3) is 0.381. The number of esters is 2. The molecule has 0 saturated heterocycles. The number of aliphatic hydroxyl groups excluding tert-OH is 2. The van der Waals surface area contributed by atoms with Gasteiger partial charge in [-0.1, -0.05) is 13.2 Å². The summed E-state index contributed by atoms with van der Waals surface area (Å²) in [6, 6.07) is 4.33. The van der Waals surface area contributed by atoms with Gasteiger partial charge in [-0.3, -0.25) is 4.79 Å². The van der Waals surface area contributed by atoms with Gasteiger partial charge in [-0.05, 0) is 32.0 Å². The largest absolute Gasteiger partial charge is 0.487 e. The summed E-state index contributed by atoms with van der Waals surface area (Å²) in [5, 5.41) is 19.8. The molecular formula is C21H26O9. The third-order valence-electron chi connectivity index (χ3n) is 3.48. The van der Waals surface area contributed by atoms with Crippen LogP contribution in [0.25, 0.3) is 0 Å². The van der Waals surface area contributed by atoms with Crippen LogP contribution in [0.4, 0.5) is 0 Å². The normalized spacial score (nSPS) is 12.3. The van der Waals surface area contributed by atoms with E-state index in [1.54, 1.807) is 0 Å². The van der Waals surface area contributed by atoms with Gasteiger partial charge in [0.25, 0.3) is 0 Å². The lowest BCUT2D eigenvalue weighted by Crippen LogP contribution is -2.26. The van der Waals surface area contributed by atoms with Crippen molar-refractivity contribution in [2.75, 3.05) is 26.4 Å². The standard InChI is InChI=1S/C21H26O9/c1-13(2)20(25)29-11-16(23)9-27-18-6-5-15(8-22)7-19(18)28-10-17(24)12-30-21(26)14(3)4/h5-8,16-17,23-24H,1,3,9-12H2,2,4H3. The highest BCUT2D eigenvalue weighted by atomic mass is 16.6. The lowest BCUT2D eigenvalue weighted by Gasteiger charge is -2.17. The van der Waals surface area contributed by atoms with Crippen LogP contribution in [0.2, 0.25) is 0 Å². The fourth-order valence-corrected chi connectivity index (χ4v) is 1.89. The Morgan fingerprint density at radius 2 is 1.37 bits per heavy atom. The van der Waals surface area contributed by atoms with Gasteiger partial charge in [0.05, 0.1) is 0 Å². The zero-order valence-electron chi connectivity index (χ0n) is 17.0. The van der Waals surface area contributed by atoms with E-state index in [0.29, 0.717) is 11.8 Å². The monoisotopic (exact) mass is 422 g/mol. The Morgan fingerprint density at radius 1 is 0.900 bits per heavy atom. The maximum atomic E-state index is 11.3. The molecular weight excluding hydrogens is 396 g/mol. The van der Waals surface area contributed by atoms with Crippen molar-refractivity contribution in [1.82, 2.24) is 0 Å². The Morgan fingerprint density at radius 3 is 1.80 bits per heavy atom. The minimum atomic E-state index is -1.13. The number of carbonyl (C=O) groups excluding carboxylic acids is 3. The molecule has 164 valence electrons. The minimum Gasteiger partial charge on any atom is -0.487 e. The zero-order valence-corrected chi connectivity index (χ0v) is 17.0. The molecule has 0 aliphatic rings. The van der Waals surface area contributed by atoms with Crippen LogP contribution in [-0.2, 0) is 19.1 Å². The number of hydrogen-bond donors (Lipinski definition) is 2. The van der Waals surface area contributed by atoms with E-state index in [1.165, 1.54) is 32.0 Å². The molecule has 30 heavy (non-hydrogen) atoms. The molecule has 0 aliphatic heterocycles. The molecule has 0 radical (unpaired) electrons. The first-order valence-corrected chi connectivity index (χ1v) is 9.00. The van der Waals surface area contributed by atoms with Gasteiger partial charge in [-0.2, -0.15) is 0 Å². The molecule has 1 aromatic rings. The Kier molecular flexibility index (Phi) is 10.3. The van der Waals surface area contributed by atoms with Crippen molar-refractivity contribution < 1.29 is 43.5 Å². The third kappa shape index (κ3) is 8.89. The van der Waals surface area contributed by atoms with Crippen molar-refractivity contribution in [2.45, 2.75) is 26.1 Å². The van der Waals surface area contributed by atoms with E-state index in [4.69, 9.17) is 18.9 Å². The molecule has 9 heteroatoms. The SMILES string of the molecule is C=C(C)C(=O)OCC(O)COc1ccc(C=O)cc1OCC(O)COC(=O)C(=C)C. The highest BCUT2D eigenvalue weighted by Gasteiger charge is 2.15. The smallest absolute Gasteiger partial charge is 0.333 e. The maximum Gasteiger partial charge on any atom is 0.333 e. The second-order valence-corrected chi connectivity index (χ2v) is 6.51. The molecule has 0 aliphatic carbocycles. The summed E-state index contributed by atoms with van der Waals surface area (Å²) in [6.45, 7) is 8.77. The molecule has 0 spiro atoms. The highest BCUT2D eigenvalue weighted by molar-refractivity contribution is 5.87. The molecule has 0 fully saturated rings. The summed E-state index contributed by atoms with van der Waals surface area (Å²) >= 11 is 0. The van der Waals surface area contributed by atoms with E-state index < -0.39 is 24.1 Å². The van der Waals surface area contributed by atoms with Gasteiger partial charge in [0.15, 0.2) is 11.5 Å². The Hall–Kier alpha value is -3.17. The summed E-state index contributed by atoms with van der Waals surface area (Å²) in [5.74, 6) is -0.940. The van der Waals surface area contributed by atoms with Crippen molar-refractivity contribution >= 4 is 18.2 Å². The number of carbonyl (C=O) groups is 3. The quantitative estimate of drug-likeness (QED) is 0.274. The van der Waals surface area contributed by atoms with Gasteiger partial charge >= 0.3 is 11.9 Å². The van der Waals surface area contributed by atoms with Gasteiger partial charge in [0.2, 0.25) is 0 Å². The molecule has 0 saturated carbocycles. The number of rotatable bonds is 13. The van der Waals surface area contributed by atoms with Gasteiger partial charge in [-0.15, -0.1) is 0 Å². The number of ether oxygens (including phenoxy) is 4. The van der Waals surface area contributed by atoms with Crippen molar-refractivity contribution in [3.8, 4) is 11.5 Å². The zero-order chi connectivity index (χ0) is 22.7. The molecule has 2 N–H and O–H groups in total. The van der Waals surface area contributed by atoms with Crippen LogP contribution in [0.1, 0.15) is 24.2 Å². The molecule has 2 atom stereocenters. The van der Waals surface area contributed by atoms with Crippen molar-refractivity contribution in [2.24, 2.45) is 0 Å². The Balaban J connectivity index is 2.65. The number of aliphatic hydroxyl groups is 2. The fourth-order valence-electron chi connectivity index (χ4n) is 1.89. The van der Waals surface area contributed by atoms with E-state index in [0.717, 1.165) is 0 Å². The summed E-state index contributed by atoms with van der Waals surface area (Å²) in [4.78, 5) is 33.7. The molecule has 2 unspecified atom stereocenters. The predicted octanol–water partition coefficient (Wildman–Crippen LogP) is 1.22. The number of benzene rings is 1. The van der Waals surface area contributed by atoms with Crippen LogP contribution in [0, 0.1) is 0 Å². The lowest BCUT2D eigenvalue weighted by molar-refractivity contribution is -0.143. The molecule has 0 bridgehead atoms.